The third-order valence-corrected chi connectivity index (χ3v) is 3.39. The molecule has 0 aliphatic rings. The van der Waals surface area contributed by atoms with Gasteiger partial charge >= 0.3 is 0 Å². The molecule has 0 fully saturated rings. The maximum atomic E-state index is 11.7. The topological polar surface area (TPSA) is 70.7 Å². The number of carbonyl (C=O) groups excluding carboxylic acids is 2. The Labute approximate surface area is 150 Å². The van der Waals surface area contributed by atoms with E-state index in [2.05, 4.69) is 10.6 Å². The van der Waals surface area contributed by atoms with E-state index in [9.17, 15) is 9.59 Å². The number of amides is 2. The largest absolute Gasteiger partial charge is 0.383 e. The number of anilines is 1. The molecule has 0 aliphatic heterocycles. The number of hydrogen-bond acceptors (Lipinski definition) is 4. The van der Waals surface area contributed by atoms with Crippen molar-refractivity contribution in [2.45, 2.75) is 33.4 Å². The quantitative estimate of drug-likeness (QED) is 0.663. The van der Waals surface area contributed by atoms with E-state index in [0.29, 0.717) is 19.7 Å². The summed E-state index contributed by atoms with van der Waals surface area (Å²) in [4.78, 5) is 25.2. The van der Waals surface area contributed by atoms with Crippen LogP contribution in [0, 0.1) is 0 Å². The molecule has 2 N–H and O–H groups in total. The van der Waals surface area contributed by atoms with Gasteiger partial charge in [0.2, 0.25) is 11.8 Å². The predicted molar refractivity (Wildman–Crippen MR) is 98.4 cm³/mol. The molecule has 0 saturated carbocycles. The number of hydrogen-bond donors (Lipinski definition) is 2. The first-order chi connectivity index (χ1) is 10.9. The first-order valence-corrected chi connectivity index (χ1v) is 7.79. The minimum atomic E-state index is -0.0959. The zero-order valence-corrected chi connectivity index (χ0v) is 15.6. The van der Waals surface area contributed by atoms with Crippen LogP contribution in [-0.2, 0) is 20.9 Å². The third-order valence-electron chi connectivity index (χ3n) is 3.39. The van der Waals surface area contributed by atoms with Crippen LogP contribution in [0.1, 0.15) is 26.3 Å². The highest BCUT2D eigenvalue weighted by Crippen LogP contribution is 2.13. The second-order valence-corrected chi connectivity index (χ2v) is 5.66. The van der Waals surface area contributed by atoms with E-state index in [0.717, 1.165) is 11.3 Å². The van der Waals surface area contributed by atoms with Gasteiger partial charge in [0, 0.05) is 38.9 Å². The van der Waals surface area contributed by atoms with Crippen LogP contribution in [0.5, 0.6) is 0 Å². The number of rotatable bonds is 9. The van der Waals surface area contributed by atoms with Crippen molar-refractivity contribution in [2.24, 2.45) is 0 Å². The fraction of sp³-hybridized carbons (Fsp3) is 0.529. The number of carbonyl (C=O) groups is 2. The Balaban J connectivity index is 0.00000529. The molecule has 0 unspecified atom stereocenters. The summed E-state index contributed by atoms with van der Waals surface area (Å²) in [5.41, 5.74) is 1.77. The Morgan fingerprint density at radius 2 is 1.83 bits per heavy atom. The predicted octanol–water partition coefficient (Wildman–Crippen LogP) is 2.04. The lowest BCUT2D eigenvalue weighted by atomic mass is 10.1. The molecular weight excluding hydrogens is 330 g/mol. The summed E-state index contributed by atoms with van der Waals surface area (Å²) < 4.78 is 4.90. The van der Waals surface area contributed by atoms with Crippen molar-refractivity contribution in [3.05, 3.63) is 29.8 Å². The lowest BCUT2D eigenvalue weighted by molar-refractivity contribution is -0.131. The molecule has 24 heavy (non-hydrogen) atoms. The minimum absolute atomic E-state index is 0. The van der Waals surface area contributed by atoms with Gasteiger partial charge in [0.25, 0.3) is 0 Å². The van der Waals surface area contributed by atoms with E-state index in [-0.39, 0.29) is 36.8 Å². The highest BCUT2D eigenvalue weighted by molar-refractivity contribution is 5.92. The summed E-state index contributed by atoms with van der Waals surface area (Å²) in [6.07, 6.45) is 0. The molecule has 0 radical (unpaired) electrons. The van der Waals surface area contributed by atoms with Crippen LogP contribution in [0.3, 0.4) is 0 Å². The molecule has 1 aromatic rings. The molecule has 0 heterocycles. The molecule has 0 bridgehead atoms. The SMILES string of the molecule is COCCNCC(=O)Nc1ccc(CN(C(C)=O)C(C)C)cc1.Cl. The van der Waals surface area contributed by atoms with Crippen LogP contribution in [0.15, 0.2) is 24.3 Å². The zero-order valence-electron chi connectivity index (χ0n) is 14.8. The second kappa shape index (κ2) is 11.8. The van der Waals surface area contributed by atoms with E-state index < -0.39 is 0 Å². The first-order valence-electron chi connectivity index (χ1n) is 7.79. The van der Waals surface area contributed by atoms with Gasteiger partial charge in [-0.15, -0.1) is 12.4 Å². The Kier molecular flexibility index (Phi) is 11.0. The van der Waals surface area contributed by atoms with Crippen LogP contribution < -0.4 is 10.6 Å². The molecule has 7 heteroatoms. The van der Waals surface area contributed by atoms with E-state index in [1.165, 1.54) is 0 Å². The van der Waals surface area contributed by atoms with Crippen molar-refractivity contribution >= 4 is 29.9 Å². The van der Waals surface area contributed by atoms with Crippen LogP contribution in [0.25, 0.3) is 0 Å². The van der Waals surface area contributed by atoms with Gasteiger partial charge in [-0.3, -0.25) is 9.59 Å². The van der Waals surface area contributed by atoms with Crippen molar-refractivity contribution in [1.29, 1.82) is 0 Å². The Hall–Kier alpha value is -1.63. The smallest absolute Gasteiger partial charge is 0.238 e. The third kappa shape index (κ3) is 8.29. The number of ether oxygens (including phenoxy) is 1. The second-order valence-electron chi connectivity index (χ2n) is 5.66. The minimum Gasteiger partial charge on any atom is -0.383 e. The average molecular weight is 358 g/mol. The summed E-state index contributed by atoms with van der Waals surface area (Å²) in [7, 11) is 1.62. The summed E-state index contributed by atoms with van der Waals surface area (Å²) in [6.45, 7) is 7.59. The number of nitrogens with one attached hydrogen (secondary N) is 2. The number of methoxy groups -OCH3 is 1. The summed E-state index contributed by atoms with van der Waals surface area (Å²) in [5.74, 6) is -0.0408. The van der Waals surface area contributed by atoms with Crippen molar-refractivity contribution in [3.63, 3.8) is 0 Å². The summed E-state index contributed by atoms with van der Waals surface area (Å²) >= 11 is 0. The molecule has 0 atom stereocenters. The van der Waals surface area contributed by atoms with Gasteiger partial charge in [0.1, 0.15) is 0 Å². The van der Waals surface area contributed by atoms with Crippen LogP contribution in [-0.4, -0.2) is 49.6 Å². The monoisotopic (exact) mass is 357 g/mol. The highest BCUT2D eigenvalue weighted by atomic mass is 35.5. The van der Waals surface area contributed by atoms with E-state index in [4.69, 9.17) is 4.74 Å². The fourth-order valence-electron chi connectivity index (χ4n) is 2.13. The molecule has 0 aromatic heterocycles. The molecule has 0 saturated heterocycles. The molecule has 0 aliphatic carbocycles. The average Bonchev–Trinajstić information content (AvgIpc) is 2.50. The maximum Gasteiger partial charge on any atom is 0.238 e. The molecular formula is C17H28ClN3O3. The molecule has 2 amide bonds. The van der Waals surface area contributed by atoms with Gasteiger partial charge in [-0.25, -0.2) is 0 Å². The molecule has 1 aromatic carbocycles. The van der Waals surface area contributed by atoms with Gasteiger partial charge in [-0.2, -0.15) is 0 Å². The van der Waals surface area contributed by atoms with Gasteiger partial charge in [0.05, 0.1) is 13.2 Å². The number of halogens is 1. The summed E-state index contributed by atoms with van der Waals surface area (Å²) in [6, 6.07) is 7.70. The first kappa shape index (κ1) is 22.4. The zero-order chi connectivity index (χ0) is 17.2. The Morgan fingerprint density at radius 1 is 1.21 bits per heavy atom. The maximum absolute atomic E-state index is 11.7. The lowest BCUT2D eigenvalue weighted by Crippen LogP contribution is -2.34. The van der Waals surface area contributed by atoms with Crippen LogP contribution in [0.4, 0.5) is 5.69 Å². The number of benzene rings is 1. The highest BCUT2D eigenvalue weighted by Gasteiger charge is 2.13. The Bertz CT molecular complexity index is 506. The van der Waals surface area contributed by atoms with E-state index in [1.807, 2.05) is 38.1 Å². The van der Waals surface area contributed by atoms with Crippen LogP contribution in [0.2, 0.25) is 0 Å². The van der Waals surface area contributed by atoms with E-state index >= 15 is 0 Å². The van der Waals surface area contributed by atoms with Gasteiger partial charge in [-0.1, -0.05) is 12.1 Å². The number of nitrogens with zero attached hydrogens (tertiary/aromatic N) is 1. The normalized spacial score (nSPS) is 10.2. The standard InChI is InChI=1S/C17H27N3O3.ClH/c1-13(2)20(14(3)21)12-15-5-7-16(8-6-15)19-17(22)11-18-9-10-23-4;/h5-8,13,18H,9-12H2,1-4H3,(H,19,22);1H. The molecule has 6 nitrogen and oxygen atoms in total. The summed E-state index contributed by atoms with van der Waals surface area (Å²) in [5, 5.41) is 5.81. The van der Waals surface area contributed by atoms with E-state index in [1.54, 1.807) is 18.9 Å². The molecule has 136 valence electrons. The lowest BCUT2D eigenvalue weighted by Gasteiger charge is -2.25. The van der Waals surface area contributed by atoms with Gasteiger partial charge < -0.3 is 20.3 Å². The van der Waals surface area contributed by atoms with Crippen molar-refractivity contribution < 1.29 is 14.3 Å². The molecule has 1 rings (SSSR count). The van der Waals surface area contributed by atoms with Crippen molar-refractivity contribution in [1.82, 2.24) is 10.2 Å². The fourth-order valence-corrected chi connectivity index (χ4v) is 2.13. The van der Waals surface area contributed by atoms with Gasteiger partial charge in [-0.05, 0) is 31.5 Å². The van der Waals surface area contributed by atoms with Crippen molar-refractivity contribution in [3.8, 4) is 0 Å². The Morgan fingerprint density at radius 3 is 2.33 bits per heavy atom. The molecule has 0 spiro atoms. The van der Waals surface area contributed by atoms with Gasteiger partial charge in [0.15, 0.2) is 0 Å². The van der Waals surface area contributed by atoms with Crippen LogP contribution >= 0.6 is 12.4 Å². The van der Waals surface area contributed by atoms with Crippen molar-refractivity contribution in [2.75, 3.05) is 32.1 Å².